The van der Waals surface area contributed by atoms with Crippen LogP contribution < -0.4 is 5.17 Å². The van der Waals surface area contributed by atoms with E-state index in [-0.39, 0.29) is 16.3 Å². The van der Waals surface area contributed by atoms with Gasteiger partial charge in [-0.05, 0) is 36.0 Å². The molecule has 0 amide bonds. The zero-order valence-electron chi connectivity index (χ0n) is 10.8. The Hall–Kier alpha value is -1.62. The molecule has 0 spiro atoms. The van der Waals surface area contributed by atoms with Crippen molar-refractivity contribution in [3.63, 3.8) is 0 Å². The van der Waals surface area contributed by atoms with Crippen molar-refractivity contribution in [2.75, 3.05) is 5.17 Å². The van der Waals surface area contributed by atoms with Crippen molar-refractivity contribution in [2.45, 2.75) is 40.0 Å². The summed E-state index contributed by atoms with van der Waals surface area (Å²) in [6.07, 6.45) is 0. The number of hydrogen-bond donors (Lipinski definition) is 1. The molecule has 0 aliphatic rings. The molecule has 94 valence electrons. The molecular weight excluding hydrogens is 220 g/mol. The van der Waals surface area contributed by atoms with E-state index in [0.29, 0.717) is 11.1 Å². The molecule has 5 heteroatoms. The van der Waals surface area contributed by atoms with Crippen molar-refractivity contribution in [3.05, 3.63) is 38.9 Å². The van der Waals surface area contributed by atoms with Crippen molar-refractivity contribution < 1.29 is 10.2 Å². The highest BCUT2D eigenvalue weighted by molar-refractivity contribution is 5.57. The average molecular weight is 238 g/mol. The van der Waals surface area contributed by atoms with E-state index in [9.17, 15) is 15.3 Å². The Kier molecular flexibility index (Phi) is 3.43. The molecule has 0 radical (unpaired) electrons. The van der Waals surface area contributed by atoms with Gasteiger partial charge in [0.1, 0.15) is 5.69 Å². The summed E-state index contributed by atoms with van der Waals surface area (Å²) < 4.78 is 0. The van der Waals surface area contributed by atoms with Gasteiger partial charge < -0.3 is 0 Å². The topological polar surface area (TPSA) is 66.6 Å². The smallest absolute Gasteiger partial charge is 0.192 e. The molecule has 5 nitrogen and oxygen atoms in total. The van der Waals surface area contributed by atoms with Crippen LogP contribution in [0.25, 0.3) is 0 Å². The van der Waals surface area contributed by atoms with E-state index in [1.165, 1.54) is 0 Å². The first-order valence-electron chi connectivity index (χ1n) is 5.39. The largest absolute Gasteiger partial charge is 0.232 e. The van der Waals surface area contributed by atoms with E-state index in [1.807, 2.05) is 12.1 Å². The molecule has 0 aliphatic heterocycles. The van der Waals surface area contributed by atoms with E-state index in [2.05, 4.69) is 20.8 Å². The second-order valence-electron chi connectivity index (χ2n) is 5.24. The normalized spacial score (nSPS) is 11.4. The highest BCUT2D eigenvalue weighted by Gasteiger charge is 2.22. The van der Waals surface area contributed by atoms with Crippen molar-refractivity contribution in [2.24, 2.45) is 0 Å². The fourth-order valence-electron chi connectivity index (χ4n) is 1.79. The van der Waals surface area contributed by atoms with Crippen molar-refractivity contribution >= 4 is 5.69 Å². The van der Waals surface area contributed by atoms with Crippen LogP contribution in [-0.2, 0) is 5.41 Å². The molecular formula is C12H18N2O3. The average Bonchev–Trinajstić information content (AvgIpc) is 2.14. The van der Waals surface area contributed by atoms with Crippen molar-refractivity contribution in [3.8, 4) is 0 Å². The van der Waals surface area contributed by atoms with Crippen LogP contribution in [0.4, 0.5) is 5.69 Å². The third-order valence-corrected chi connectivity index (χ3v) is 2.71. The van der Waals surface area contributed by atoms with Gasteiger partial charge in [0, 0.05) is 5.17 Å². The number of benzene rings is 1. The maximum absolute atomic E-state index is 10.6. The molecule has 1 rings (SSSR count). The van der Waals surface area contributed by atoms with Crippen LogP contribution >= 0.6 is 0 Å². The number of nitrogens with zero attached hydrogens (tertiary/aromatic N) is 2. The van der Waals surface area contributed by atoms with Gasteiger partial charge in [0.05, 0.1) is 0 Å². The van der Waals surface area contributed by atoms with Crippen LogP contribution in [-0.4, -0.2) is 10.2 Å². The minimum atomic E-state index is -0.841. The summed E-state index contributed by atoms with van der Waals surface area (Å²) >= 11 is 0. The minimum absolute atomic E-state index is 0.0248. The summed E-state index contributed by atoms with van der Waals surface area (Å²) in [6, 6.07) is 3.74. The Balaban J connectivity index is 3.34. The molecule has 0 fully saturated rings. The molecule has 1 N–H and O–H groups in total. The Morgan fingerprint density at radius 1 is 1.24 bits per heavy atom. The minimum Gasteiger partial charge on any atom is -0.232 e. The first-order valence-corrected chi connectivity index (χ1v) is 5.39. The molecule has 17 heavy (non-hydrogen) atoms. The quantitative estimate of drug-likeness (QED) is 0.635. The van der Waals surface area contributed by atoms with Crippen LogP contribution in [0, 0.1) is 24.0 Å². The Labute approximate surface area is 101 Å². The molecule has 0 bridgehead atoms. The number of hydrazine groups is 1. The molecule has 0 heterocycles. The molecule has 0 saturated heterocycles. The highest BCUT2D eigenvalue weighted by Crippen LogP contribution is 2.31. The molecule has 0 atom stereocenters. The van der Waals surface area contributed by atoms with E-state index in [1.54, 1.807) is 13.8 Å². The number of aryl methyl sites for hydroxylation is 2. The van der Waals surface area contributed by atoms with Gasteiger partial charge in [0.15, 0.2) is 5.03 Å². The maximum Gasteiger partial charge on any atom is 0.192 e. The Morgan fingerprint density at radius 2 is 1.65 bits per heavy atom. The lowest BCUT2D eigenvalue weighted by atomic mass is 9.85. The molecule has 0 unspecified atom stereocenters. The van der Waals surface area contributed by atoms with Crippen molar-refractivity contribution in [1.29, 1.82) is 0 Å². The van der Waals surface area contributed by atoms with Crippen molar-refractivity contribution in [1.82, 2.24) is 0 Å². The number of anilines is 1. The molecule has 0 aliphatic carbocycles. The van der Waals surface area contributed by atoms with Crippen LogP contribution in [0.1, 0.15) is 37.5 Å². The Morgan fingerprint density at radius 3 is 1.94 bits per heavy atom. The first kappa shape index (κ1) is 13.4. The second kappa shape index (κ2) is 4.33. The van der Waals surface area contributed by atoms with Gasteiger partial charge in [0.2, 0.25) is 0 Å². The van der Waals surface area contributed by atoms with Gasteiger partial charge in [-0.15, -0.1) is 0 Å². The Bertz CT molecular complexity index is 427. The predicted octanol–water partition coefficient (Wildman–Crippen LogP) is 2.99. The van der Waals surface area contributed by atoms with E-state index in [4.69, 9.17) is 0 Å². The second-order valence-corrected chi connectivity index (χ2v) is 5.24. The summed E-state index contributed by atoms with van der Waals surface area (Å²) in [4.78, 5) is 10.6. The third-order valence-electron chi connectivity index (χ3n) is 2.71. The standard InChI is InChI=1S/C12H18N2O3/c1-8-6-10(12(3,4)5)7-9(2)11(8)13(15)14(16)17/h6-7,15H,1-5H3. The fourth-order valence-corrected chi connectivity index (χ4v) is 1.79. The number of nitro groups is 1. The SMILES string of the molecule is Cc1cc(C(C)(C)C)cc(C)c1N(O)[N+](=O)[O-]. The lowest BCUT2D eigenvalue weighted by Gasteiger charge is -2.22. The van der Waals surface area contributed by atoms with Crippen LogP contribution in [0.5, 0.6) is 0 Å². The zero-order chi connectivity index (χ0) is 13.4. The van der Waals surface area contributed by atoms with Gasteiger partial charge in [0.25, 0.3) is 0 Å². The van der Waals surface area contributed by atoms with Gasteiger partial charge in [-0.3, -0.25) is 0 Å². The monoisotopic (exact) mass is 238 g/mol. The molecule has 0 aromatic heterocycles. The fraction of sp³-hybridized carbons (Fsp3) is 0.500. The summed E-state index contributed by atoms with van der Waals surface area (Å²) in [7, 11) is 0. The van der Waals surface area contributed by atoms with Crippen LogP contribution in [0.3, 0.4) is 0 Å². The number of rotatable bonds is 2. The lowest BCUT2D eigenvalue weighted by molar-refractivity contribution is -0.541. The molecule has 1 aromatic carbocycles. The number of hydrogen-bond acceptors (Lipinski definition) is 3. The summed E-state index contributed by atoms with van der Waals surface area (Å²) in [5.41, 5.74) is 2.68. The van der Waals surface area contributed by atoms with E-state index in [0.717, 1.165) is 5.56 Å². The summed E-state index contributed by atoms with van der Waals surface area (Å²) in [5, 5.41) is 19.2. The van der Waals surface area contributed by atoms with Crippen LogP contribution in [0.15, 0.2) is 12.1 Å². The van der Waals surface area contributed by atoms with Crippen LogP contribution in [0.2, 0.25) is 0 Å². The summed E-state index contributed by atoms with van der Waals surface area (Å²) in [5.74, 6) is 0. The zero-order valence-corrected chi connectivity index (χ0v) is 10.8. The van der Waals surface area contributed by atoms with Gasteiger partial charge >= 0.3 is 0 Å². The van der Waals surface area contributed by atoms with Gasteiger partial charge in [-0.25, -0.2) is 15.3 Å². The highest BCUT2D eigenvalue weighted by atomic mass is 16.8. The molecule has 0 saturated carbocycles. The maximum atomic E-state index is 10.6. The predicted molar refractivity (Wildman–Crippen MR) is 65.9 cm³/mol. The van der Waals surface area contributed by atoms with Gasteiger partial charge in [-0.1, -0.05) is 32.9 Å². The molecule has 1 aromatic rings. The summed E-state index contributed by atoms with van der Waals surface area (Å²) in [6.45, 7) is 9.73. The van der Waals surface area contributed by atoms with Gasteiger partial charge in [-0.2, -0.15) is 0 Å². The lowest BCUT2D eigenvalue weighted by Crippen LogP contribution is -2.27. The first-order chi connectivity index (χ1) is 7.64. The van der Waals surface area contributed by atoms with E-state index < -0.39 is 5.03 Å². The third kappa shape index (κ3) is 2.74. The van der Waals surface area contributed by atoms with E-state index >= 15 is 0 Å².